The molecule has 0 unspecified atom stereocenters. The normalized spacial score (nSPS) is 15.6. The standard InChI is InChI=1S/C17H23N3.C2HF3O2/c1-2-15(14-10-6-5-7-11-14)17-19-18-16-12-8-3-4-9-13-20(16)17;3-2(4,5)1(6)7/h5-7,10-11,15H,2-4,8-9,12-13H2,1H3;(H,6,7)/t15-;/m1./s1. The third-order valence-electron chi connectivity index (χ3n) is 4.55. The molecule has 3 rings (SSSR count). The van der Waals surface area contributed by atoms with E-state index in [4.69, 9.17) is 9.90 Å². The van der Waals surface area contributed by atoms with Crippen LogP contribution in [0.1, 0.15) is 62.2 Å². The second-order valence-electron chi connectivity index (χ2n) is 6.46. The number of aryl methyl sites for hydroxylation is 1. The maximum Gasteiger partial charge on any atom is 0.490 e. The number of carboxylic acid groups (broad SMARTS) is 1. The fourth-order valence-electron chi connectivity index (χ4n) is 3.19. The van der Waals surface area contributed by atoms with Gasteiger partial charge in [-0.15, -0.1) is 10.2 Å². The van der Waals surface area contributed by atoms with Gasteiger partial charge in [-0.2, -0.15) is 13.2 Å². The third kappa shape index (κ3) is 5.80. The number of aliphatic carboxylic acids is 1. The molecular formula is C19H24F3N3O2. The summed E-state index contributed by atoms with van der Waals surface area (Å²) in [5.41, 5.74) is 1.35. The van der Waals surface area contributed by atoms with Gasteiger partial charge in [-0.25, -0.2) is 4.79 Å². The molecule has 0 saturated heterocycles. The van der Waals surface area contributed by atoms with Crippen molar-refractivity contribution >= 4 is 5.97 Å². The molecule has 1 aromatic carbocycles. The van der Waals surface area contributed by atoms with Crippen molar-refractivity contribution in [3.05, 3.63) is 47.5 Å². The fourth-order valence-corrected chi connectivity index (χ4v) is 3.19. The van der Waals surface area contributed by atoms with Gasteiger partial charge in [0.1, 0.15) is 11.6 Å². The number of carbonyl (C=O) groups is 1. The molecule has 1 aliphatic heterocycles. The van der Waals surface area contributed by atoms with Gasteiger partial charge in [-0.05, 0) is 24.8 Å². The van der Waals surface area contributed by atoms with E-state index in [1.807, 2.05) is 0 Å². The fraction of sp³-hybridized carbons (Fsp3) is 0.526. The molecule has 2 aromatic rings. The van der Waals surface area contributed by atoms with E-state index >= 15 is 0 Å². The predicted octanol–water partition coefficient (Wildman–Crippen LogP) is 4.57. The summed E-state index contributed by atoms with van der Waals surface area (Å²) in [5.74, 6) is -0.0333. The summed E-state index contributed by atoms with van der Waals surface area (Å²) in [6.45, 7) is 3.32. The highest BCUT2D eigenvalue weighted by molar-refractivity contribution is 5.73. The number of benzene rings is 1. The van der Waals surface area contributed by atoms with E-state index in [-0.39, 0.29) is 0 Å². The number of alkyl halides is 3. The molecule has 27 heavy (non-hydrogen) atoms. The topological polar surface area (TPSA) is 68.0 Å². The van der Waals surface area contributed by atoms with Crippen LogP contribution in [0.2, 0.25) is 0 Å². The smallest absolute Gasteiger partial charge is 0.475 e. The average Bonchev–Trinajstić information content (AvgIpc) is 2.98. The Morgan fingerprint density at radius 2 is 1.78 bits per heavy atom. The number of hydrogen-bond acceptors (Lipinski definition) is 3. The lowest BCUT2D eigenvalue weighted by Crippen LogP contribution is -2.21. The molecule has 1 N–H and O–H groups in total. The molecule has 5 nitrogen and oxygen atoms in total. The summed E-state index contributed by atoms with van der Waals surface area (Å²) in [5, 5.41) is 16.1. The van der Waals surface area contributed by atoms with Crippen molar-refractivity contribution in [2.75, 3.05) is 0 Å². The van der Waals surface area contributed by atoms with E-state index in [9.17, 15) is 13.2 Å². The lowest BCUT2D eigenvalue weighted by Gasteiger charge is -2.19. The minimum atomic E-state index is -5.08. The number of rotatable bonds is 3. The first-order valence-corrected chi connectivity index (χ1v) is 9.11. The van der Waals surface area contributed by atoms with Gasteiger partial charge in [0.2, 0.25) is 0 Å². The molecule has 0 spiro atoms. The zero-order valence-corrected chi connectivity index (χ0v) is 15.2. The molecule has 8 heteroatoms. The number of aromatic nitrogens is 3. The van der Waals surface area contributed by atoms with Crippen LogP contribution in [0, 0.1) is 0 Å². The number of hydrogen-bond donors (Lipinski definition) is 1. The second kappa shape index (κ2) is 9.53. The quantitative estimate of drug-likeness (QED) is 0.843. The van der Waals surface area contributed by atoms with Gasteiger partial charge >= 0.3 is 12.1 Å². The Labute approximate surface area is 156 Å². The summed E-state index contributed by atoms with van der Waals surface area (Å²) in [4.78, 5) is 8.90. The number of nitrogens with zero attached hydrogens (tertiary/aromatic N) is 3. The highest BCUT2D eigenvalue weighted by Crippen LogP contribution is 2.28. The monoisotopic (exact) mass is 383 g/mol. The highest BCUT2D eigenvalue weighted by atomic mass is 19.4. The molecule has 1 aromatic heterocycles. The maximum absolute atomic E-state index is 10.6. The zero-order chi connectivity index (χ0) is 19.9. The Kier molecular flexibility index (Phi) is 7.38. The van der Waals surface area contributed by atoms with Crippen molar-refractivity contribution in [1.82, 2.24) is 14.8 Å². The van der Waals surface area contributed by atoms with Crippen LogP contribution in [0.5, 0.6) is 0 Å². The lowest BCUT2D eigenvalue weighted by atomic mass is 9.95. The number of carboxylic acids is 1. The molecule has 0 radical (unpaired) electrons. The minimum absolute atomic E-state index is 0.372. The van der Waals surface area contributed by atoms with E-state index in [1.54, 1.807) is 0 Å². The average molecular weight is 383 g/mol. The van der Waals surface area contributed by atoms with Gasteiger partial charge in [-0.1, -0.05) is 50.1 Å². The molecule has 0 bridgehead atoms. The molecule has 0 saturated carbocycles. The molecule has 0 amide bonds. The molecule has 1 aliphatic rings. The number of halogens is 3. The Morgan fingerprint density at radius 3 is 2.37 bits per heavy atom. The molecule has 2 heterocycles. The van der Waals surface area contributed by atoms with E-state index in [2.05, 4.69) is 52.0 Å². The Morgan fingerprint density at radius 1 is 1.15 bits per heavy atom. The molecule has 0 aliphatic carbocycles. The molecular weight excluding hydrogens is 359 g/mol. The minimum Gasteiger partial charge on any atom is -0.475 e. The SMILES string of the molecule is CC[C@H](c1ccccc1)c1nnc2n1CCCCCC2.O=C(O)C(F)(F)F. The van der Waals surface area contributed by atoms with Crippen molar-refractivity contribution in [2.24, 2.45) is 0 Å². The van der Waals surface area contributed by atoms with Crippen LogP contribution in [0.25, 0.3) is 0 Å². The molecule has 0 fully saturated rings. The van der Waals surface area contributed by atoms with Crippen molar-refractivity contribution in [2.45, 2.75) is 64.1 Å². The van der Waals surface area contributed by atoms with E-state index in [0.717, 1.165) is 25.2 Å². The van der Waals surface area contributed by atoms with Crippen molar-refractivity contribution in [1.29, 1.82) is 0 Å². The lowest BCUT2D eigenvalue weighted by molar-refractivity contribution is -0.192. The van der Waals surface area contributed by atoms with Gasteiger partial charge < -0.3 is 9.67 Å². The van der Waals surface area contributed by atoms with Crippen LogP contribution in [0.4, 0.5) is 13.2 Å². The number of fused-ring (bicyclic) bond motifs is 1. The highest BCUT2D eigenvalue weighted by Gasteiger charge is 2.38. The van der Waals surface area contributed by atoms with Crippen LogP contribution in [-0.2, 0) is 17.8 Å². The third-order valence-corrected chi connectivity index (χ3v) is 4.55. The Bertz CT molecular complexity index is 730. The Balaban J connectivity index is 0.000000321. The van der Waals surface area contributed by atoms with Crippen molar-refractivity contribution in [3.8, 4) is 0 Å². The van der Waals surface area contributed by atoms with E-state index in [1.165, 1.54) is 37.1 Å². The van der Waals surface area contributed by atoms with Gasteiger partial charge in [0.15, 0.2) is 0 Å². The zero-order valence-electron chi connectivity index (χ0n) is 15.2. The van der Waals surface area contributed by atoms with Crippen molar-refractivity contribution in [3.63, 3.8) is 0 Å². The van der Waals surface area contributed by atoms with E-state index < -0.39 is 12.1 Å². The van der Waals surface area contributed by atoms with Crippen LogP contribution in [0.15, 0.2) is 30.3 Å². The van der Waals surface area contributed by atoms with Gasteiger partial charge in [0, 0.05) is 18.9 Å². The van der Waals surface area contributed by atoms with Crippen LogP contribution in [0.3, 0.4) is 0 Å². The maximum atomic E-state index is 10.6. The van der Waals surface area contributed by atoms with Crippen LogP contribution >= 0.6 is 0 Å². The van der Waals surface area contributed by atoms with Crippen LogP contribution in [-0.4, -0.2) is 32.0 Å². The van der Waals surface area contributed by atoms with Gasteiger partial charge in [0.05, 0.1) is 0 Å². The summed E-state index contributed by atoms with van der Waals surface area (Å²) in [6, 6.07) is 10.7. The van der Waals surface area contributed by atoms with Crippen molar-refractivity contribution < 1.29 is 23.1 Å². The predicted molar refractivity (Wildman–Crippen MR) is 94.5 cm³/mol. The second-order valence-corrected chi connectivity index (χ2v) is 6.46. The summed E-state index contributed by atoms with van der Waals surface area (Å²) in [6.07, 6.45) is 2.24. The largest absolute Gasteiger partial charge is 0.490 e. The summed E-state index contributed by atoms with van der Waals surface area (Å²) >= 11 is 0. The van der Waals surface area contributed by atoms with Crippen LogP contribution < -0.4 is 0 Å². The first-order chi connectivity index (χ1) is 12.8. The summed E-state index contributed by atoms with van der Waals surface area (Å²) < 4.78 is 34.1. The van der Waals surface area contributed by atoms with E-state index in [0.29, 0.717) is 5.92 Å². The first-order valence-electron chi connectivity index (χ1n) is 9.11. The summed E-state index contributed by atoms with van der Waals surface area (Å²) in [7, 11) is 0. The molecule has 148 valence electrons. The first kappa shape index (κ1) is 20.9. The molecule has 1 atom stereocenters. The van der Waals surface area contributed by atoms with Gasteiger partial charge in [-0.3, -0.25) is 0 Å². The van der Waals surface area contributed by atoms with Gasteiger partial charge in [0.25, 0.3) is 0 Å². The Hall–Kier alpha value is -2.38.